The van der Waals surface area contributed by atoms with Crippen molar-refractivity contribution in [2.75, 3.05) is 6.54 Å². The third-order valence-electron chi connectivity index (χ3n) is 3.52. The lowest BCUT2D eigenvalue weighted by molar-refractivity contribution is -0.117. The van der Waals surface area contributed by atoms with Crippen LogP contribution < -0.4 is 10.6 Å². The molecule has 0 aliphatic carbocycles. The van der Waals surface area contributed by atoms with Crippen molar-refractivity contribution in [3.63, 3.8) is 0 Å². The van der Waals surface area contributed by atoms with Crippen molar-refractivity contribution in [1.82, 2.24) is 10.6 Å². The van der Waals surface area contributed by atoms with E-state index in [1.165, 1.54) is 18.2 Å². The van der Waals surface area contributed by atoms with Crippen LogP contribution in [0.15, 0.2) is 54.2 Å². The van der Waals surface area contributed by atoms with Crippen molar-refractivity contribution in [3.8, 4) is 0 Å². The molecular weight excluding hydrogens is 319 g/mol. The average Bonchev–Trinajstić information content (AvgIpc) is 2.61. The minimum absolute atomic E-state index is 0.116. The third-order valence-corrected chi connectivity index (χ3v) is 3.52. The first-order valence-corrected chi connectivity index (χ1v) is 8.13. The van der Waals surface area contributed by atoms with E-state index in [1.807, 2.05) is 26.0 Å². The molecule has 4 nitrogen and oxygen atoms in total. The minimum Gasteiger partial charge on any atom is -0.351 e. The molecule has 0 aliphatic rings. The van der Waals surface area contributed by atoms with Gasteiger partial charge >= 0.3 is 0 Å². The predicted molar refractivity (Wildman–Crippen MR) is 96.3 cm³/mol. The van der Waals surface area contributed by atoms with Crippen LogP contribution in [0.25, 0.3) is 6.08 Å². The Labute approximate surface area is 146 Å². The Morgan fingerprint density at radius 1 is 1.04 bits per heavy atom. The fourth-order valence-electron chi connectivity index (χ4n) is 2.12. The summed E-state index contributed by atoms with van der Waals surface area (Å²) < 4.78 is 13.0. The molecule has 0 radical (unpaired) electrons. The summed E-state index contributed by atoms with van der Waals surface area (Å²) in [5, 5.41) is 5.37. The van der Waals surface area contributed by atoms with Crippen molar-refractivity contribution < 1.29 is 14.0 Å². The lowest BCUT2D eigenvalue weighted by Crippen LogP contribution is -2.35. The Morgan fingerprint density at radius 2 is 1.68 bits per heavy atom. The molecule has 5 heteroatoms. The van der Waals surface area contributed by atoms with Crippen LogP contribution in [0.2, 0.25) is 0 Å². The van der Waals surface area contributed by atoms with E-state index in [0.717, 1.165) is 12.0 Å². The van der Waals surface area contributed by atoms with Gasteiger partial charge in [0, 0.05) is 12.1 Å². The molecule has 2 aromatic rings. The molecule has 0 saturated carbocycles. The fraction of sp³-hybridized carbons (Fsp3) is 0.200. The summed E-state index contributed by atoms with van der Waals surface area (Å²) in [7, 11) is 0. The highest BCUT2D eigenvalue weighted by atomic mass is 19.1. The zero-order valence-electron chi connectivity index (χ0n) is 14.3. The topological polar surface area (TPSA) is 58.2 Å². The number of amides is 2. The van der Waals surface area contributed by atoms with Crippen LogP contribution in [0, 0.1) is 12.7 Å². The van der Waals surface area contributed by atoms with Crippen molar-refractivity contribution in [3.05, 3.63) is 76.7 Å². The summed E-state index contributed by atoms with van der Waals surface area (Å²) in [6.45, 7) is 4.37. The van der Waals surface area contributed by atoms with E-state index >= 15 is 0 Å². The van der Waals surface area contributed by atoms with Gasteiger partial charge in [0.25, 0.3) is 11.8 Å². The first kappa shape index (κ1) is 18.4. The quantitative estimate of drug-likeness (QED) is 0.792. The molecule has 2 amide bonds. The smallest absolute Gasteiger partial charge is 0.267 e. The van der Waals surface area contributed by atoms with Crippen molar-refractivity contribution >= 4 is 17.9 Å². The van der Waals surface area contributed by atoms with E-state index in [4.69, 9.17) is 0 Å². The molecule has 130 valence electrons. The minimum atomic E-state index is -0.383. The highest BCUT2D eigenvalue weighted by Gasteiger charge is 2.14. The van der Waals surface area contributed by atoms with Crippen LogP contribution in [0.4, 0.5) is 4.39 Å². The van der Waals surface area contributed by atoms with Crippen molar-refractivity contribution in [2.24, 2.45) is 0 Å². The molecule has 0 bridgehead atoms. The fourth-order valence-corrected chi connectivity index (χ4v) is 2.12. The highest BCUT2D eigenvalue weighted by molar-refractivity contribution is 6.05. The molecule has 0 atom stereocenters. The Kier molecular flexibility index (Phi) is 6.46. The Bertz CT molecular complexity index is 765. The van der Waals surface area contributed by atoms with Gasteiger partial charge in [0.2, 0.25) is 0 Å². The first-order valence-electron chi connectivity index (χ1n) is 8.13. The van der Waals surface area contributed by atoms with E-state index in [-0.39, 0.29) is 23.3 Å². The lowest BCUT2D eigenvalue weighted by Gasteiger charge is -2.11. The first-order chi connectivity index (χ1) is 12.0. The molecule has 0 spiro atoms. The maximum absolute atomic E-state index is 13.0. The largest absolute Gasteiger partial charge is 0.351 e. The van der Waals surface area contributed by atoms with Crippen LogP contribution in [0.5, 0.6) is 0 Å². The van der Waals surface area contributed by atoms with E-state index in [0.29, 0.717) is 17.7 Å². The van der Waals surface area contributed by atoms with Crippen LogP contribution in [0.1, 0.15) is 34.8 Å². The van der Waals surface area contributed by atoms with Gasteiger partial charge in [-0.15, -0.1) is 0 Å². The van der Waals surface area contributed by atoms with Gasteiger partial charge in [-0.05, 0) is 49.2 Å². The van der Waals surface area contributed by atoms with Gasteiger partial charge in [0.1, 0.15) is 11.5 Å². The summed E-state index contributed by atoms with van der Waals surface area (Å²) in [4.78, 5) is 24.7. The highest BCUT2D eigenvalue weighted by Crippen LogP contribution is 2.09. The molecule has 0 saturated heterocycles. The molecule has 0 aliphatic heterocycles. The molecule has 25 heavy (non-hydrogen) atoms. The second kappa shape index (κ2) is 8.78. The van der Waals surface area contributed by atoms with E-state index in [9.17, 15) is 14.0 Å². The molecular formula is C20H21FN2O2. The Balaban J connectivity index is 2.24. The summed E-state index contributed by atoms with van der Waals surface area (Å²) >= 11 is 0. The summed E-state index contributed by atoms with van der Waals surface area (Å²) in [6.07, 6.45) is 2.30. The number of benzene rings is 2. The molecule has 2 aromatic carbocycles. The van der Waals surface area contributed by atoms with Gasteiger partial charge in [-0.2, -0.15) is 0 Å². The molecule has 2 N–H and O–H groups in total. The zero-order chi connectivity index (χ0) is 18.2. The molecule has 0 aromatic heterocycles. The number of carbonyl (C=O) groups is 2. The number of hydrogen-bond acceptors (Lipinski definition) is 2. The SMILES string of the molecule is CCCNC(=O)/C(=C/c1ccc(F)cc1)NC(=O)c1ccc(C)cc1. The van der Waals surface area contributed by atoms with Crippen molar-refractivity contribution in [2.45, 2.75) is 20.3 Å². The number of aryl methyl sites for hydroxylation is 1. The van der Waals surface area contributed by atoms with Gasteiger partial charge in [0.05, 0.1) is 0 Å². The maximum Gasteiger partial charge on any atom is 0.267 e. The van der Waals surface area contributed by atoms with Gasteiger partial charge < -0.3 is 10.6 Å². The van der Waals surface area contributed by atoms with Gasteiger partial charge in [-0.3, -0.25) is 9.59 Å². The Morgan fingerprint density at radius 3 is 2.28 bits per heavy atom. The average molecular weight is 340 g/mol. The standard InChI is InChI=1S/C20H21FN2O2/c1-3-12-22-20(25)18(13-15-6-10-17(21)11-7-15)23-19(24)16-8-4-14(2)5-9-16/h4-11,13H,3,12H2,1-2H3,(H,22,25)(H,23,24)/b18-13-. The molecule has 0 heterocycles. The number of rotatable bonds is 6. The normalized spacial score (nSPS) is 11.1. The number of carbonyl (C=O) groups excluding carboxylic acids is 2. The summed E-state index contributed by atoms with van der Waals surface area (Å²) in [5.41, 5.74) is 2.23. The van der Waals surface area contributed by atoms with Crippen LogP contribution in [-0.4, -0.2) is 18.4 Å². The van der Waals surface area contributed by atoms with Gasteiger partial charge in [-0.1, -0.05) is 36.8 Å². The van der Waals surface area contributed by atoms with Crippen molar-refractivity contribution in [1.29, 1.82) is 0 Å². The zero-order valence-corrected chi connectivity index (χ0v) is 14.3. The van der Waals surface area contributed by atoms with Crippen LogP contribution in [0.3, 0.4) is 0 Å². The second-order valence-corrected chi connectivity index (χ2v) is 5.69. The number of hydrogen-bond donors (Lipinski definition) is 2. The maximum atomic E-state index is 13.0. The van der Waals surface area contributed by atoms with E-state index in [1.54, 1.807) is 24.3 Å². The summed E-state index contributed by atoms with van der Waals surface area (Å²) in [6, 6.07) is 12.7. The van der Waals surface area contributed by atoms with Crippen LogP contribution >= 0.6 is 0 Å². The van der Waals surface area contributed by atoms with E-state index in [2.05, 4.69) is 10.6 Å². The third kappa shape index (κ3) is 5.57. The van der Waals surface area contributed by atoms with Crippen LogP contribution in [-0.2, 0) is 4.79 Å². The molecule has 0 fully saturated rings. The summed E-state index contributed by atoms with van der Waals surface area (Å²) in [5.74, 6) is -1.12. The predicted octanol–water partition coefficient (Wildman–Crippen LogP) is 3.43. The monoisotopic (exact) mass is 340 g/mol. The molecule has 2 rings (SSSR count). The Hall–Kier alpha value is -2.95. The molecule has 0 unspecified atom stereocenters. The number of halogens is 1. The second-order valence-electron chi connectivity index (χ2n) is 5.69. The lowest BCUT2D eigenvalue weighted by atomic mass is 10.1. The number of nitrogens with one attached hydrogen (secondary N) is 2. The van der Waals surface area contributed by atoms with E-state index < -0.39 is 0 Å². The van der Waals surface area contributed by atoms with Gasteiger partial charge in [-0.25, -0.2) is 4.39 Å². The van der Waals surface area contributed by atoms with Gasteiger partial charge in [0.15, 0.2) is 0 Å².